The Morgan fingerprint density at radius 1 is 1.32 bits per heavy atom. The van der Waals surface area contributed by atoms with Crippen LogP contribution in [0.15, 0.2) is 35.2 Å². The summed E-state index contributed by atoms with van der Waals surface area (Å²) in [6.45, 7) is 3.85. The fourth-order valence-corrected chi connectivity index (χ4v) is 5.21. The zero-order valence-electron chi connectivity index (χ0n) is 14.2. The van der Waals surface area contributed by atoms with Crippen LogP contribution < -0.4 is 5.32 Å². The molecule has 0 bridgehead atoms. The van der Waals surface area contributed by atoms with Gasteiger partial charge in [-0.25, -0.2) is 13.1 Å². The van der Waals surface area contributed by atoms with E-state index in [-0.39, 0.29) is 29.2 Å². The second-order valence-corrected chi connectivity index (χ2v) is 9.60. The van der Waals surface area contributed by atoms with Gasteiger partial charge >= 0.3 is 0 Å². The number of thioether (sulfide) groups is 1. The SMILES string of the molecule is Cc1ccc(SCC(=O)Nc2cc(C)nn2C2CCS(=O)(=O)C2)cc1. The van der Waals surface area contributed by atoms with Crippen LogP contribution >= 0.6 is 11.8 Å². The van der Waals surface area contributed by atoms with Crippen LogP contribution in [-0.4, -0.2) is 41.4 Å². The second kappa shape index (κ2) is 7.21. The highest BCUT2D eigenvalue weighted by molar-refractivity contribution is 8.00. The molecule has 0 radical (unpaired) electrons. The molecule has 1 N–H and O–H groups in total. The van der Waals surface area contributed by atoms with E-state index in [4.69, 9.17) is 0 Å². The standard InChI is InChI=1S/C17H21N3O3S2/c1-12-3-5-15(6-4-12)24-10-17(21)18-16-9-13(2)19-20(16)14-7-8-25(22,23)11-14/h3-6,9,14H,7-8,10-11H2,1-2H3,(H,18,21). The van der Waals surface area contributed by atoms with E-state index in [1.54, 1.807) is 10.7 Å². The second-order valence-electron chi connectivity index (χ2n) is 6.32. The van der Waals surface area contributed by atoms with Gasteiger partial charge in [-0.15, -0.1) is 11.8 Å². The highest BCUT2D eigenvalue weighted by Gasteiger charge is 2.31. The molecule has 134 valence electrons. The lowest BCUT2D eigenvalue weighted by molar-refractivity contribution is -0.113. The molecule has 1 atom stereocenters. The molecule has 1 aromatic carbocycles. The third-order valence-corrected chi connectivity index (χ3v) is 6.83. The van der Waals surface area contributed by atoms with Crippen molar-refractivity contribution < 1.29 is 13.2 Å². The summed E-state index contributed by atoms with van der Waals surface area (Å²) < 4.78 is 25.1. The first-order valence-corrected chi connectivity index (χ1v) is 10.9. The molecule has 8 heteroatoms. The zero-order valence-corrected chi connectivity index (χ0v) is 15.9. The van der Waals surface area contributed by atoms with Crippen molar-refractivity contribution >= 4 is 33.3 Å². The lowest BCUT2D eigenvalue weighted by Gasteiger charge is -2.13. The first-order valence-electron chi connectivity index (χ1n) is 8.08. The van der Waals surface area contributed by atoms with Crippen molar-refractivity contribution in [3.8, 4) is 0 Å². The van der Waals surface area contributed by atoms with E-state index < -0.39 is 9.84 Å². The quantitative estimate of drug-likeness (QED) is 0.808. The van der Waals surface area contributed by atoms with Crippen molar-refractivity contribution in [3.63, 3.8) is 0 Å². The van der Waals surface area contributed by atoms with E-state index in [1.165, 1.54) is 17.3 Å². The summed E-state index contributed by atoms with van der Waals surface area (Å²) in [7, 11) is -3.01. The van der Waals surface area contributed by atoms with Gasteiger partial charge in [-0.3, -0.25) is 4.79 Å². The predicted octanol–water partition coefficient (Wildman–Crippen LogP) is 2.59. The highest BCUT2D eigenvalue weighted by Crippen LogP contribution is 2.27. The van der Waals surface area contributed by atoms with Gasteiger partial charge in [0.05, 0.1) is 29.0 Å². The Morgan fingerprint density at radius 3 is 2.68 bits per heavy atom. The Kier molecular flexibility index (Phi) is 5.19. The maximum Gasteiger partial charge on any atom is 0.235 e. The number of amides is 1. The minimum absolute atomic E-state index is 0.0785. The Labute approximate surface area is 151 Å². The molecule has 1 fully saturated rings. The van der Waals surface area contributed by atoms with Crippen molar-refractivity contribution in [2.45, 2.75) is 31.2 Å². The van der Waals surface area contributed by atoms with Crippen LogP contribution in [-0.2, 0) is 14.6 Å². The van der Waals surface area contributed by atoms with Gasteiger partial charge in [-0.05, 0) is 32.4 Å². The van der Waals surface area contributed by atoms with E-state index in [0.717, 1.165) is 10.6 Å². The minimum Gasteiger partial charge on any atom is -0.310 e. The molecular formula is C17H21N3O3S2. The molecule has 3 rings (SSSR count). The van der Waals surface area contributed by atoms with Crippen LogP contribution in [0.3, 0.4) is 0 Å². The van der Waals surface area contributed by atoms with Crippen LogP contribution in [0, 0.1) is 13.8 Å². The van der Waals surface area contributed by atoms with Crippen molar-refractivity contribution in [2.24, 2.45) is 0 Å². The van der Waals surface area contributed by atoms with Crippen molar-refractivity contribution in [1.29, 1.82) is 0 Å². The molecule has 1 unspecified atom stereocenters. The average molecular weight is 380 g/mol. The van der Waals surface area contributed by atoms with Crippen molar-refractivity contribution in [2.75, 3.05) is 22.6 Å². The first kappa shape index (κ1) is 18.0. The smallest absolute Gasteiger partial charge is 0.235 e. The number of carbonyl (C=O) groups is 1. The Morgan fingerprint density at radius 2 is 2.04 bits per heavy atom. The fourth-order valence-electron chi connectivity index (χ4n) is 2.82. The van der Waals surface area contributed by atoms with E-state index >= 15 is 0 Å². The maximum absolute atomic E-state index is 12.3. The van der Waals surface area contributed by atoms with Gasteiger partial charge in [0.2, 0.25) is 5.91 Å². The van der Waals surface area contributed by atoms with Crippen LogP contribution in [0.5, 0.6) is 0 Å². The van der Waals surface area contributed by atoms with E-state index in [1.807, 2.05) is 38.1 Å². The molecule has 1 aliphatic heterocycles. The Bertz CT molecular complexity index is 873. The molecule has 2 aromatic rings. The van der Waals surface area contributed by atoms with Crippen LogP contribution in [0.2, 0.25) is 0 Å². The molecule has 1 aromatic heterocycles. The fraction of sp³-hybridized carbons (Fsp3) is 0.412. The number of nitrogens with one attached hydrogen (secondary N) is 1. The predicted molar refractivity (Wildman–Crippen MR) is 99.8 cm³/mol. The van der Waals surface area contributed by atoms with Crippen LogP contribution in [0.1, 0.15) is 23.7 Å². The van der Waals surface area contributed by atoms with Gasteiger partial charge in [0.25, 0.3) is 0 Å². The maximum atomic E-state index is 12.3. The topological polar surface area (TPSA) is 81.1 Å². The van der Waals surface area contributed by atoms with E-state index in [0.29, 0.717) is 12.2 Å². The van der Waals surface area contributed by atoms with Crippen molar-refractivity contribution in [1.82, 2.24) is 9.78 Å². The number of nitrogens with zero attached hydrogens (tertiary/aromatic N) is 2. The van der Waals surface area contributed by atoms with Crippen molar-refractivity contribution in [3.05, 3.63) is 41.6 Å². The highest BCUT2D eigenvalue weighted by atomic mass is 32.2. The summed E-state index contributed by atoms with van der Waals surface area (Å²) in [5.41, 5.74) is 1.94. The molecule has 0 spiro atoms. The normalized spacial score (nSPS) is 19.0. The molecule has 1 saturated heterocycles. The average Bonchev–Trinajstić information content (AvgIpc) is 3.08. The number of carbonyl (C=O) groups excluding carboxylic acids is 1. The summed E-state index contributed by atoms with van der Waals surface area (Å²) in [6, 6.07) is 9.58. The lowest BCUT2D eigenvalue weighted by Crippen LogP contribution is -2.20. The summed E-state index contributed by atoms with van der Waals surface area (Å²) in [4.78, 5) is 13.3. The lowest BCUT2D eigenvalue weighted by atomic mass is 10.2. The van der Waals surface area contributed by atoms with Gasteiger partial charge in [0.1, 0.15) is 5.82 Å². The number of benzene rings is 1. The molecule has 1 amide bonds. The first-order chi connectivity index (χ1) is 11.8. The number of hydrogen-bond acceptors (Lipinski definition) is 5. The van der Waals surface area contributed by atoms with Crippen LogP contribution in [0.4, 0.5) is 5.82 Å². The third-order valence-electron chi connectivity index (χ3n) is 4.07. The molecule has 0 saturated carbocycles. The number of aromatic nitrogens is 2. The summed E-state index contributed by atoms with van der Waals surface area (Å²) >= 11 is 1.46. The van der Waals surface area contributed by atoms with E-state index in [2.05, 4.69) is 10.4 Å². The van der Waals surface area contributed by atoms with Gasteiger partial charge in [0.15, 0.2) is 9.84 Å². The molecule has 6 nitrogen and oxygen atoms in total. The minimum atomic E-state index is -3.01. The molecule has 25 heavy (non-hydrogen) atoms. The largest absolute Gasteiger partial charge is 0.310 e. The van der Waals surface area contributed by atoms with Gasteiger partial charge < -0.3 is 5.32 Å². The van der Waals surface area contributed by atoms with Gasteiger partial charge in [0, 0.05) is 11.0 Å². The summed E-state index contributed by atoms with van der Waals surface area (Å²) in [6.07, 6.45) is 0.532. The number of hydrogen-bond donors (Lipinski definition) is 1. The number of rotatable bonds is 5. The van der Waals surface area contributed by atoms with E-state index in [9.17, 15) is 13.2 Å². The zero-order chi connectivity index (χ0) is 18.0. The Balaban J connectivity index is 1.64. The van der Waals surface area contributed by atoms with Gasteiger partial charge in [-0.2, -0.15) is 5.10 Å². The number of aryl methyl sites for hydroxylation is 2. The monoisotopic (exact) mass is 379 g/mol. The number of anilines is 1. The third kappa shape index (κ3) is 4.64. The molecule has 2 heterocycles. The molecule has 1 aliphatic rings. The van der Waals surface area contributed by atoms with Gasteiger partial charge in [-0.1, -0.05) is 17.7 Å². The summed E-state index contributed by atoms with van der Waals surface area (Å²) in [5.74, 6) is 0.972. The number of sulfone groups is 1. The summed E-state index contributed by atoms with van der Waals surface area (Å²) in [5, 5.41) is 7.23. The van der Waals surface area contributed by atoms with Crippen LogP contribution in [0.25, 0.3) is 0 Å². The molecular weight excluding hydrogens is 358 g/mol. The Hall–Kier alpha value is -1.80. The molecule has 0 aliphatic carbocycles.